The summed E-state index contributed by atoms with van der Waals surface area (Å²) < 4.78 is 7.19. The van der Waals surface area contributed by atoms with Gasteiger partial charge in [-0.3, -0.25) is 14.7 Å². The second kappa shape index (κ2) is 9.15. The minimum absolute atomic E-state index is 0.118. The monoisotopic (exact) mass is 506 g/mol. The predicted octanol–water partition coefficient (Wildman–Crippen LogP) is 5.66. The molecule has 0 atom stereocenters. The smallest absolute Gasteiger partial charge is 0.312 e. The van der Waals surface area contributed by atoms with E-state index < -0.39 is 0 Å². The van der Waals surface area contributed by atoms with Gasteiger partial charge in [-0.25, -0.2) is 9.97 Å². The van der Waals surface area contributed by atoms with Gasteiger partial charge in [-0.1, -0.05) is 66.7 Å². The molecule has 0 bridgehead atoms. The Hall–Kier alpha value is -4.56. The number of aromatic nitrogens is 4. The average Bonchev–Trinajstić information content (AvgIpc) is 3.50. The first kappa shape index (κ1) is 22.9. The van der Waals surface area contributed by atoms with Crippen molar-refractivity contribution >= 4 is 33.2 Å². The molecule has 6 aromatic rings. The van der Waals surface area contributed by atoms with Gasteiger partial charge in [0.1, 0.15) is 5.01 Å². The molecule has 6 rings (SSSR count). The molecule has 0 spiro atoms. The number of hydrogen-bond donors (Lipinski definition) is 1. The van der Waals surface area contributed by atoms with Crippen molar-refractivity contribution in [2.75, 3.05) is 7.11 Å². The predicted molar refractivity (Wildman–Crippen MR) is 146 cm³/mol. The zero-order valence-electron chi connectivity index (χ0n) is 20.2. The van der Waals surface area contributed by atoms with Gasteiger partial charge in [0, 0.05) is 5.56 Å². The number of thiazole rings is 1. The van der Waals surface area contributed by atoms with E-state index in [-0.39, 0.29) is 17.9 Å². The molecule has 0 fully saturated rings. The van der Waals surface area contributed by atoms with Crippen LogP contribution < -0.4 is 5.56 Å². The molecule has 1 N–H and O–H groups in total. The number of esters is 1. The average molecular weight is 507 g/mol. The third kappa shape index (κ3) is 4.01. The fourth-order valence-electron chi connectivity index (χ4n) is 4.60. The van der Waals surface area contributed by atoms with Crippen molar-refractivity contribution < 1.29 is 9.53 Å². The Labute approximate surface area is 216 Å². The van der Waals surface area contributed by atoms with Crippen LogP contribution in [0, 0.1) is 6.92 Å². The Morgan fingerprint density at radius 1 is 0.919 bits per heavy atom. The molecule has 0 aliphatic heterocycles. The van der Waals surface area contributed by atoms with E-state index in [0.717, 1.165) is 38.2 Å². The third-order valence-electron chi connectivity index (χ3n) is 6.33. The fourth-order valence-corrected chi connectivity index (χ4v) is 5.59. The summed E-state index contributed by atoms with van der Waals surface area (Å²) in [6.45, 7) is 1.86. The van der Waals surface area contributed by atoms with E-state index in [1.54, 1.807) is 0 Å². The number of hydrogen-bond acceptors (Lipinski definition) is 6. The number of aromatic amines is 1. The summed E-state index contributed by atoms with van der Waals surface area (Å²) in [6, 6.07) is 25.6. The highest BCUT2D eigenvalue weighted by atomic mass is 32.1. The summed E-state index contributed by atoms with van der Waals surface area (Å²) in [5.74, 6) is -0.335. The van der Waals surface area contributed by atoms with Crippen molar-refractivity contribution in [1.82, 2.24) is 19.6 Å². The first-order valence-electron chi connectivity index (χ1n) is 11.8. The molecular weight excluding hydrogens is 484 g/mol. The highest BCUT2D eigenvalue weighted by Gasteiger charge is 2.21. The lowest BCUT2D eigenvalue weighted by Gasteiger charge is -2.07. The van der Waals surface area contributed by atoms with Crippen LogP contribution in [0.15, 0.2) is 83.7 Å². The zero-order valence-corrected chi connectivity index (χ0v) is 21.0. The Kier molecular flexibility index (Phi) is 5.65. The molecule has 0 aliphatic rings. The number of aryl methyl sites for hydroxylation is 1. The number of rotatable bonds is 5. The first-order valence-corrected chi connectivity index (χ1v) is 12.6. The van der Waals surface area contributed by atoms with E-state index in [2.05, 4.69) is 10.1 Å². The lowest BCUT2D eigenvalue weighted by molar-refractivity contribution is -0.139. The van der Waals surface area contributed by atoms with Crippen molar-refractivity contribution in [2.45, 2.75) is 13.3 Å². The summed E-state index contributed by atoms with van der Waals surface area (Å²) in [5, 5.41) is 4.01. The van der Waals surface area contributed by atoms with E-state index >= 15 is 0 Å². The van der Waals surface area contributed by atoms with Crippen molar-refractivity contribution in [3.8, 4) is 33.5 Å². The molecule has 0 saturated carbocycles. The van der Waals surface area contributed by atoms with E-state index in [9.17, 15) is 9.59 Å². The van der Waals surface area contributed by atoms with Crippen LogP contribution in [0.25, 0.3) is 49.4 Å². The van der Waals surface area contributed by atoms with Crippen molar-refractivity contribution in [2.24, 2.45) is 0 Å². The van der Waals surface area contributed by atoms with Crippen LogP contribution in [-0.2, 0) is 16.0 Å². The van der Waals surface area contributed by atoms with Gasteiger partial charge < -0.3 is 4.74 Å². The quantitative estimate of drug-likeness (QED) is 0.305. The number of benzene rings is 3. The number of methoxy groups -OCH3 is 1. The number of ether oxygens (including phenoxy) is 1. The third-order valence-corrected chi connectivity index (χ3v) is 7.35. The number of nitrogens with zero attached hydrogens (tertiary/aromatic N) is 3. The molecule has 0 radical (unpaired) electrons. The Balaban J connectivity index is 1.55. The van der Waals surface area contributed by atoms with Crippen LogP contribution >= 0.6 is 11.3 Å². The van der Waals surface area contributed by atoms with Gasteiger partial charge in [-0.15, -0.1) is 11.3 Å². The SMILES string of the molecule is COC(=O)Cc1nc2ccc(-c3c(C)nc4c(-c5ccccc5)c(-c5ccccc5)[nH]n4c3=O)cc2s1. The molecule has 3 aromatic carbocycles. The Bertz CT molecular complexity index is 1840. The molecule has 0 unspecified atom stereocenters. The largest absolute Gasteiger partial charge is 0.469 e. The molecule has 0 aliphatic carbocycles. The molecule has 182 valence electrons. The fraction of sp³-hybridized carbons (Fsp3) is 0.103. The maximum absolute atomic E-state index is 13.9. The van der Waals surface area contributed by atoms with E-state index in [1.807, 2.05) is 85.8 Å². The van der Waals surface area contributed by atoms with Gasteiger partial charge in [0.05, 0.1) is 46.3 Å². The van der Waals surface area contributed by atoms with Crippen LogP contribution in [-0.4, -0.2) is 32.7 Å². The van der Waals surface area contributed by atoms with Crippen LogP contribution in [0.5, 0.6) is 0 Å². The number of carbonyl (C=O) groups is 1. The first-order chi connectivity index (χ1) is 18.0. The second-order valence-electron chi connectivity index (χ2n) is 8.67. The van der Waals surface area contributed by atoms with Crippen molar-refractivity contribution in [3.05, 3.63) is 99.9 Å². The summed E-state index contributed by atoms with van der Waals surface area (Å²) in [6.07, 6.45) is 0.118. The van der Waals surface area contributed by atoms with E-state index in [1.165, 1.54) is 23.0 Å². The number of H-pyrrole nitrogens is 1. The van der Waals surface area contributed by atoms with Gasteiger partial charge in [-0.2, -0.15) is 4.52 Å². The van der Waals surface area contributed by atoms with Gasteiger partial charge in [-0.05, 0) is 30.2 Å². The number of carbonyl (C=O) groups excluding carboxylic acids is 1. The topological polar surface area (TPSA) is 89.3 Å². The van der Waals surface area contributed by atoms with Crippen LogP contribution in [0.3, 0.4) is 0 Å². The van der Waals surface area contributed by atoms with Gasteiger partial charge >= 0.3 is 5.97 Å². The molecule has 8 heteroatoms. The van der Waals surface area contributed by atoms with Crippen LogP contribution in [0.2, 0.25) is 0 Å². The summed E-state index contributed by atoms with van der Waals surface area (Å²) in [5.41, 5.74) is 6.73. The van der Waals surface area contributed by atoms with Gasteiger partial charge in [0.2, 0.25) is 0 Å². The van der Waals surface area contributed by atoms with E-state index in [4.69, 9.17) is 9.72 Å². The minimum atomic E-state index is -0.335. The molecule has 3 aromatic heterocycles. The van der Waals surface area contributed by atoms with Gasteiger partial charge in [0.15, 0.2) is 5.65 Å². The maximum Gasteiger partial charge on any atom is 0.312 e. The highest BCUT2D eigenvalue weighted by Crippen LogP contribution is 2.35. The molecule has 3 heterocycles. The summed E-state index contributed by atoms with van der Waals surface area (Å²) in [7, 11) is 1.36. The normalized spacial score (nSPS) is 11.3. The number of fused-ring (bicyclic) bond motifs is 2. The maximum atomic E-state index is 13.9. The van der Waals surface area contributed by atoms with Crippen LogP contribution in [0.1, 0.15) is 10.7 Å². The van der Waals surface area contributed by atoms with Crippen molar-refractivity contribution in [3.63, 3.8) is 0 Å². The summed E-state index contributed by atoms with van der Waals surface area (Å²) >= 11 is 1.42. The molecule has 7 nitrogen and oxygen atoms in total. The number of nitrogens with one attached hydrogen (secondary N) is 1. The molecule has 0 saturated heterocycles. The Morgan fingerprint density at radius 3 is 2.32 bits per heavy atom. The standard InChI is InChI=1S/C29H22N4O3S/c1-17-25(20-13-14-21-22(15-20)37-23(31-21)16-24(34)36-2)29(35)33-28(30-17)26(18-9-5-3-6-10-18)27(32-33)19-11-7-4-8-12-19/h3-15,32H,16H2,1-2H3. The van der Waals surface area contributed by atoms with Gasteiger partial charge in [0.25, 0.3) is 5.56 Å². The molecular formula is C29H22N4O3S. The Morgan fingerprint density at radius 2 is 1.62 bits per heavy atom. The van der Waals surface area contributed by atoms with Crippen LogP contribution in [0.4, 0.5) is 0 Å². The second-order valence-corrected chi connectivity index (χ2v) is 9.79. The van der Waals surface area contributed by atoms with Crippen molar-refractivity contribution in [1.29, 1.82) is 0 Å². The lowest BCUT2D eigenvalue weighted by Crippen LogP contribution is -2.19. The van der Waals surface area contributed by atoms with E-state index in [0.29, 0.717) is 21.9 Å². The molecule has 37 heavy (non-hydrogen) atoms. The zero-order chi connectivity index (χ0) is 25.5. The minimum Gasteiger partial charge on any atom is -0.469 e. The highest BCUT2D eigenvalue weighted by molar-refractivity contribution is 7.18. The lowest BCUT2D eigenvalue weighted by atomic mass is 10.0. The molecule has 0 amide bonds. The summed E-state index contributed by atoms with van der Waals surface area (Å²) in [4.78, 5) is 35.1.